The van der Waals surface area contributed by atoms with Crippen LogP contribution in [0.3, 0.4) is 0 Å². The molecule has 0 aromatic heterocycles. The van der Waals surface area contributed by atoms with Crippen LogP contribution in [0.15, 0.2) is 11.6 Å². The fourth-order valence-corrected chi connectivity index (χ4v) is 7.05. The number of carbonyl (C=O) groups excluding carboxylic acids is 2. The van der Waals surface area contributed by atoms with Gasteiger partial charge in [0.05, 0.1) is 6.61 Å². The molecule has 0 N–H and O–H groups in total. The van der Waals surface area contributed by atoms with E-state index >= 15 is 0 Å². The monoisotopic (exact) mass is 360 g/mol. The fourth-order valence-electron chi connectivity index (χ4n) is 7.05. The van der Waals surface area contributed by atoms with E-state index in [1.165, 1.54) is 24.8 Å². The van der Waals surface area contributed by atoms with Crippen LogP contribution in [0.25, 0.3) is 0 Å². The summed E-state index contributed by atoms with van der Waals surface area (Å²) in [5, 5.41) is 0. The molecule has 4 aliphatic carbocycles. The van der Waals surface area contributed by atoms with Crippen molar-refractivity contribution in [1.29, 1.82) is 0 Å². The van der Waals surface area contributed by atoms with Gasteiger partial charge in [-0.2, -0.15) is 0 Å². The molecule has 4 rings (SSSR count). The van der Waals surface area contributed by atoms with Crippen LogP contribution < -0.4 is 0 Å². The van der Waals surface area contributed by atoms with Gasteiger partial charge in [0.25, 0.3) is 0 Å². The van der Waals surface area contributed by atoms with Crippen LogP contribution in [0.1, 0.15) is 71.6 Å². The van der Waals surface area contributed by atoms with Crippen molar-refractivity contribution in [3.8, 4) is 0 Å². The molecule has 0 amide bonds. The van der Waals surface area contributed by atoms with E-state index in [0.717, 1.165) is 50.4 Å². The van der Waals surface area contributed by atoms with Crippen LogP contribution in [0.4, 0.5) is 4.79 Å². The maximum Gasteiger partial charge on any atom is 0.508 e. The molecular formula is C22H32O4. The summed E-state index contributed by atoms with van der Waals surface area (Å²) < 4.78 is 10.9. The average molecular weight is 360 g/mol. The van der Waals surface area contributed by atoms with Crippen molar-refractivity contribution in [2.45, 2.75) is 77.7 Å². The lowest BCUT2D eigenvalue weighted by atomic mass is 9.51. The van der Waals surface area contributed by atoms with Gasteiger partial charge in [0.2, 0.25) is 0 Å². The van der Waals surface area contributed by atoms with Crippen molar-refractivity contribution >= 4 is 11.9 Å². The minimum atomic E-state index is -0.493. The molecule has 0 aliphatic heterocycles. The number of hydrogen-bond acceptors (Lipinski definition) is 4. The zero-order valence-corrected chi connectivity index (χ0v) is 16.2. The van der Waals surface area contributed by atoms with Gasteiger partial charge in [0.1, 0.15) is 6.10 Å². The van der Waals surface area contributed by atoms with E-state index in [-0.39, 0.29) is 11.5 Å². The molecule has 6 atom stereocenters. The smallest absolute Gasteiger partial charge is 0.435 e. The maximum absolute atomic E-state index is 11.9. The zero-order chi connectivity index (χ0) is 18.3. The van der Waals surface area contributed by atoms with Gasteiger partial charge < -0.3 is 9.47 Å². The Labute approximate surface area is 156 Å². The molecule has 26 heavy (non-hydrogen) atoms. The molecule has 0 heterocycles. The summed E-state index contributed by atoms with van der Waals surface area (Å²) in [6, 6.07) is 0. The highest BCUT2D eigenvalue weighted by molar-refractivity contribution is 5.91. The number of rotatable bonds is 3. The van der Waals surface area contributed by atoms with Crippen molar-refractivity contribution in [1.82, 2.24) is 0 Å². The first kappa shape index (κ1) is 18.1. The van der Waals surface area contributed by atoms with Gasteiger partial charge in [-0.15, -0.1) is 0 Å². The number of carbonyl (C=O) groups is 2. The lowest BCUT2D eigenvalue weighted by Gasteiger charge is -2.54. The van der Waals surface area contributed by atoms with Crippen LogP contribution in [0.5, 0.6) is 0 Å². The van der Waals surface area contributed by atoms with Crippen LogP contribution in [-0.2, 0) is 14.3 Å². The normalized spacial score (nSPS) is 41.5. The van der Waals surface area contributed by atoms with Crippen molar-refractivity contribution in [2.24, 2.45) is 29.1 Å². The summed E-state index contributed by atoms with van der Waals surface area (Å²) in [6.07, 6.45) is 11.2. The van der Waals surface area contributed by atoms with Crippen molar-refractivity contribution in [3.05, 3.63) is 11.6 Å². The third-order valence-corrected chi connectivity index (χ3v) is 8.10. The Morgan fingerprint density at radius 2 is 1.96 bits per heavy atom. The highest BCUT2D eigenvalue weighted by Gasteiger charge is 2.59. The molecule has 0 spiro atoms. The quantitative estimate of drug-likeness (QED) is 0.660. The van der Waals surface area contributed by atoms with Crippen LogP contribution >= 0.6 is 0 Å². The van der Waals surface area contributed by atoms with Crippen LogP contribution in [-0.4, -0.2) is 24.6 Å². The second-order valence-corrected chi connectivity index (χ2v) is 8.80. The highest BCUT2D eigenvalue weighted by Crippen LogP contribution is 2.63. The van der Waals surface area contributed by atoms with Crippen LogP contribution in [0.2, 0.25) is 0 Å². The minimum absolute atomic E-state index is 0.0161. The minimum Gasteiger partial charge on any atom is -0.435 e. The summed E-state index contributed by atoms with van der Waals surface area (Å²) in [7, 11) is 0. The summed E-state index contributed by atoms with van der Waals surface area (Å²) in [4.78, 5) is 23.8. The molecule has 4 heteroatoms. The molecule has 4 nitrogen and oxygen atoms in total. The van der Waals surface area contributed by atoms with E-state index in [1.807, 2.05) is 13.0 Å². The van der Waals surface area contributed by atoms with Crippen molar-refractivity contribution in [2.75, 3.05) is 6.61 Å². The second-order valence-electron chi connectivity index (χ2n) is 8.80. The lowest BCUT2D eigenvalue weighted by Crippen LogP contribution is -2.49. The molecule has 0 aromatic rings. The Hall–Kier alpha value is -1.32. The van der Waals surface area contributed by atoms with Gasteiger partial charge in [-0.3, -0.25) is 4.79 Å². The van der Waals surface area contributed by atoms with E-state index < -0.39 is 6.16 Å². The second kappa shape index (κ2) is 7.01. The fraction of sp³-hybridized carbons (Fsp3) is 0.818. The van der Waals surface area contributed by atoms with Gasteiger partial charge in [0, 0.05) is 11.8 Å². The molecule has 144 valence electrons. The Bertz CT molecular complexity index is 609. The Morgan fingerprint density at radius 1 is 1.12 bits per heavy atom. The SMILES string of the molecule is CCOC(=O)OC1CCC2C3CCC4=CC(=O)CCC4C3CCC12CC. The Kier molecular flexibility index (Phi) is 4.87. The molecule has 3 fully saturated rings. The highest BCUT2D eigenvalue weighted by atomic mass is 16.7. The summed E-state index contributed by atoms with van der Waals surface area (Å²) >= 11 is 0. The predicted octanol–water partition coefficient (Wildman–Crippen LogP) is 5.06. The van der Waals surface area contributed by atoms with Crippen molar-refractivity contribution in [3.63, 3.8) is 0 Å². The zero-order valence-electron chi connectivity index (χ0n) is 16.2. The Morgan fingerprint density at radius 3 is 2.73 bits per heavy atom. The molecule has 3 saturated carbocycles. The average Bonchev–Trinajstić information content (AvgIpc) is 3.00. The molecule has 4 aliphatic rings. The van der Waals surface area contributed by atoms with E-state index in [0.29, 0.717) is 24.2 Å². The first-order chi connectivity index (χ1) is 12.6. The topological polar surface area (TPSA) is 52.6 Å². The van der Waals surface area contributed by atoms with Gasteiger partial charge in [0.15, 0.2) is 5.78 Å². The molecule has 0 radical (unpaired) electrons. The third-order valence-electron chi connectivity index (χ3n) is 8.10. The standard InChI is InChI=1S/C22H32O4/c1-3-22-12-11-17-16-8-6-15(23)13-14(16)5-7-18(17)19(22)9-10-20(22)26-21(24)25-4-2/h13,16-20H,3-12H2,1-2H3. The predicted molar refractivity (Wildman–Crippen MR) is 98.6 cm³/mol. The molecular weight excluding hydrogens is 328 g/mol. The van der Waals surface area contributed by atoms with Gasteiger partial charge in [-0.1, -0.05) is 12.5 Å². The summed E-state index contributed by atoms with van der Waals surface area (Å²) in [5.74, 6) is 3.08. The van der Waals surface area contributed by atoms with Gasteiger partial charge in [-0.05, 0) is 88.0 Å². The first-order valence-electron chi connectivity index (χ1n) is 10.7. The van der Waals surface area contributed by atoms with Gasteiger partial charge in [-0.25, -0.2) is 4.79 Å². The molecule has 6 unspecified atom stereocenters. The first-order valence-corrected chi connectivity index (χ1v) is 10.7. The number of hydrogen-bond donors (Lipinski definition) is 0. The van der Waals surface area contributed by atoms with E-state index in [4.69, 9.17) is 9.47 Å². The maximum atomic E-state index is 11.9. The van der Waals surface area contributed by atoms with Crippen molar-refractivity contribution < 1.29 is 19.1 Å². The summed E-state index contributed by atoms with van der Waals surface area (Å²) in [5.41, 5.74) is 1.57. The number of allylic oxidation sites excluding steroid dienone is 1. The molecule has 0 aromatic carbocycles. The third kappa shape index (κ3) is 2.80. The van der Waals surface area contributed by atoms with Gasteiger partial charge >= 0.3 is 6.16 Å². The number of ketones is 1. The van der Waals surface area contributed by atoms with E-state index in [9.17, 15) is 9.59 Å². The van der Waals surface area contributed by atoms with E-state index in [1.54, 1.807) is 0 Å². The Balaban J connectivity index is 1.54. The summed E-state index contributed by atoms with van der Waals surface area (Å²) in [6.45, 7) is 4.46. The lowest BCUT2D eigenvalue weighted by molar-refractivity contribution is -0.116. The molecule has 0 saturated heterocycles. The molecule has 0 bridgehead atoms. The largest absolute Gasteiger partial charge is 0.508 e. The number of fused-ring (bicyclic) bond motifs is 5. The number of ether oxygens (including phenoxy) is 2. The van der Waals surface area contributed by atoms with E-state index in [2.05, 4.69) is 6.92 Å². The van der Waals surface area contributed by atoms with Crippen LogP contribution in [0, 0.1) is 29.1 Å².